The van der Waals surface area contributed by atoms with Gasteiger partial charge < -0.3 is 5.32 Å². The van der Waals surface area contributed by atoms with Crippen molar-refractivity contribution in [2.75, 3.05) is 5.32 Å². The van der Waals surface area contributed by atoms with Crippen LogP contribution in [0.5, 0.6) is 0 Å². The highest BCUT2D eigenvalue weighted by Crippen LogP contribution is 2.26. The first-order valence-corrected chi connectivity index (χ1v) is 9.86. The predicted molar refractivity (Wildman–Crippen MR) is 127 cm³/mol. The van der Waals surface area contributed by atoms with Crippen molar-refractivity contribution in [3.05, 3.63) is 120 Å². The Morgan fingerprint density at radius 3 is 1.76 bits per heavy atom. The molecule has 1 nitrogen and oxygen atoms in total. The number of fused-ring (bicyclic) bond motifs is 2. The van der Waals surface area contributed by atoms with Crippen LogP contribution in [0.1, 0.15) is 11.1 Å². The zero-order chi connectivity index (χ0) is 19.5. The lowest BCUT2D eigenvalue weighted by atomic mass is 10.0. The van der Waals surface area contributed by atoms with E-state index in [1.807, 2.05) is 6.07 Å². The molecule has 0 saturated carbocycles. The lowest BCUT2D eigenvalue weighted by Gasteiger charge is -2.09. The third-order valence-electron chi connectivity index (χ3n) is 5.17. The first-order chi connectivity index (χ1) is 14.3. The molecule has 0 fully saturated rings. The summed E-state index contributed by atoms with van der Waals surface area (Å²) in [4.78, 5) is 0. The second-order valence-corrected chi connectivity index (χ2v) is 7.25. The van der Waals surface area contributed by atoms with Crippen molar-refractivity contribution < 1.29 is 0 Å². The minimum absolute atomic E-state index is 1.10. The average molecular weight is 371 g/mol. The molecule has 0 aliphatic heterocycles. The average Bonchev–Trinajstić information content (AvgIpc) is 2.78. The lowest BCUT2D eigenvalue weighted by molar-refractivity contribution is 1.58. The number of anilines is 2. The molecule has 5 rings (SSSR count). The molecule has 1 N–H and O–H groups in total. The van der Waals surface area contributed by atoms with Crippen LogP contribution in [0, 0.1) is 0 Å². The molecular formula is C28H21N. The highest BCUT2D eigenvalue weighted by molar-refractivity contribution is 5.90. The van der Waals surface area contributed by atoms with Gasteiger partial charge >= 0.3 is 0 Å². The molecule has 0 aromatic heterocycles. The van der Waals surface area contributed by atoms with Crippen molar-refractivity contribution in [3.63, 3.8) is 0 Å². The highest BCUT2D eigenvalue weighted by Gasteiger charge is 2.00. The molecule has 0 spiro atoms. The Morgan fingerprint density at radius 2 is 0.966 bits per heavy atom. The standard InChI is InChI=1S/C28H21N/c1-2-6-21(7-3-1)10-11-22-12-13-26-20-28(17-15-25(26)18-22)29-27-16-14-23-8-4-5-9-24(23)19-27/h1-20,29H/b11-10+. The van der Waals surface area contributed by atoms with Crippen LogP contribution >= 0.6 is 0 Å². The third kappa shape index (κ3) is 3.90. The Morgan fingerprint density at radius 1 is 0.414 bits per heavy atom. The van der Waals surface area contributed by atoms with Crippen LogP contribution in [-0.2, 0) is 0 Å². The quantitative estimate of drug-likeness (QED) is 0.316. The molecular weight excluding hydrogens is 350 g/mol. The van der Waals surface area contributed by atoms with Crippen LogP contribution in [0.25, 0.3) is 33.7 Å². The zero-order valence-electron chi connectivity index (χ0n) is 16.0. The molecule has 0 radical (unpaired) electrons. The summed E-state index contributed by atoms with van der Waals surface area (Å²) in [6.07, 6.45) is 4.31. The van der Waals surface area contributed by atoms with Gasteiger partial charge in [0.1, 0.15) is 0 Å². The van der Waals surface area contributed by atoms with Gasteiger partial charge in [-0.15, -0.1) is 0 Å². The van der Waals surface area contributed by atoms with Gasteiger partial charge in [-0.25, -0.2) is 0 Å². The van der Waals surface area contributed by atoms with Gasteiger partial charge in [0.2, 0.25) is 0 Å². The van der Waals surface area contributed by atoms with E-state index >= 15 is 0 Å². The number of benzene rings is 5. The first kappa shape index (κ1) is 17.3. The van der Waals surface area contributed by atoms with Gasteiger partial charge in [0.05, 0.1) is 0 Å². The van der Waals surface area contributed by atoms with E-state index in [-0.39, 0.29) is 0 Å². The van der Waals surface area contributed by atoms with E-state index in [2.05, 4.69) is 121 Å². The van der Waals surface area contributed by atoms with E-state index in [1.54, 1.807) is 0 Å². The summed E-state index contributed by atoms with van der Waals surface area (Å²) in [7, 11) is 0. The van der Waals surface area contributed by atoms with Crippen LogP contribution in [0.15, 0.2) is 109 Å². The van der Waals surface area contributed by atoms with E-state index in [0.29, 0.717) is 0 Å². The number of rotatable bonds is 4. The Kier molecular flexibility index (Phi) is 4.56. The van der Waals surface area contributed by atoms with Crippen LogP contribution in [-0.4, -0.2) is 0 Å². The second-order valence-electron chi connectivity index (χ2n) is 7.25. The van der Waals surface area contributed by atoms with Gasteiger partial charge in [0.25, 0.3) is 0 Å². The topological polar surface area (TPSA) is 12.0 Å². The minimum Gasteiger partial charge on any atom is -0.355 e. The van der Waals surface area contributed by atoms with Crippen molar-refractivity contribution >= 4 is 45.1 Å². The van der Waals surface area contributed by atoms with Gasteiger partial charge in [-0.2, -0.15) is 0 Å². The Labute approximate surface area is 170 Å². The number of hydrogen-bond acceptors (Lipinski definition) is 1. The summed E-state index contributed by atoms with van der Waals surface area (Å²) in [6.45, 7) is 0. The molecule has 1 heteroatoms. The zero-order valence-corrected chi connectivity index (χ0v) is 16.0. The SMILES string of the molecule is C(=C\c1ccc2cc(Nc3ccc4ccccc4c3)ccc2c1)/c1ccccc1. The van der Waals surface area contributed by atoms with E-state index in [4.69, 9.17) is 0 Å². The van der Waals surface area contributed by atoms with Crippen LogP contribution in [0.2, 0.25) is 0 Å². The van der Waals surface area contributed by atoms with Crippen molar-refractivity contribution in [2.24, 2.45) is 0 Å². The predicted octanol–water partition coefficient (Wildman–Crippen LogP) is 7.91. The fourth-order valence-corrected chi connectivity index (χ4v) is 3.64. The summed E-state index contributed by atoms with van der Waals surface area (Å²) in [5, 5.41) is 8.51. The molecule has 0 amide bonds. The molecule has 0 saturated heterocycles. The molecule has 0 aliphatic rings. The van der Waals surface area contributed by atoms with E-state index in [0.717, 1.165) is 11.4 Å². The van der Waals surface area contributed by atoms with Gasteiger partial charge in [-0.1, -0.05) is 91.0 Å². The largest absolute Gasteiger partial charge is 0.355 e. The normalized spacial score (nSPS) is 11.3. The molecule has 5 aromatic rings. The maximum atomic E-state index is 3.54. The highest BCUT2D eigenvalue weighted by atomic mass is 14.9. The molecule has 0 heterocycles. The maximum Gasteiger partial charge on any atom is 0.0390 e. The van der Waals surface area contributed by atoms with Crippen molar-refractivity contribution in [2.45, 2.75) is 0 Å². The third-order valence-corrected chi connectivity index (χ3v) is 5.17. The first-order valence-electron chi connectivity index (χ1n) is 9.86. The molecule has 0 aliphatic carbocycles. The summed E-state index contributed by atoms with van der Waals surface area (Å²) in [5.74, 6) is 0. The monoisotopic (exact) mass is 371 g/mol. The molecule has 0 atom stereocenters. The van der Waals surface area contributed by atoms with Gasteiger partial charge in [-0.3, -0.25) is 0 Å². The lowest BCUT2D eigenvalue weighted by Crippen LogP contribution is -1.90. The number of nitrogens with one attached hydrogen (secondary N) is 1. The van der Waals surface area contributed by atoms with Crippen LogP contribution in [0.3, 0.4) is 0 Å². The van der Waals surface area contributed by atoms with E-state index < -0.39 is 0 Å². The molecule has 0 unspecified atom stereocenters. The molecule has 0 bridgehead atoms. The minimum atomic E-state index is 1.10. The van der Waals surface area contributed by atoms with Crippen LogP contribution in [0.4, 0.5) is 11.4 Å². The van der Waals surface area contributed by atoms with Gasteiger partial charge in [-0.05, 0) is 63.0 Å². The van der Waals surface area contributed by atoms with E-state index in [9.17, 15) is 0 Å². The maximum absolute atomic E-state index is 3.54. The Balaban J connectivity index is 1.39. The second kappa shape index (κ2) is 7.65. The fraction of sp³-hybridized carbons (Fsp3) is 0. The Bertz CT molecular complexity index is 1320. The molecule has 138 valence electrons. The van der Waals surface area contributed by atoms with Crippen molar-refractivity contribution in [3.8, 4) is 0 Å². The summed E-state index contributed by atoms with van der Waals surface area (Å²) < 4.78 is 0. The fourth-order valence-electron chi connectivity index (χ4n) is 3.64. The summed E-state index contributed by atoms with van der Waals surface area (Å²) in [6, 6.07) is 38.4. The number of hydrogen-bond donors (Lipinski definition) is 1. The Hall–Kier alpha value is -3.84. The molecule has 29 heavy (non-hydrogen) atoms. The smallest absolute Gasteiger partial charge is 0.0390 e. The van der Waals surface area contributed by atoms with Crippen molar-refractivity contribution in [1.29, 1.82) is 0 Å². The van der Waals surface area contributed by atoms with Gasteiger partial charge in [0, 0.05) is 11.4 Å². The van der Waals surface area contributed by atoms with Crippen LogP contribution < -0.4 is 5.32 Å². The summed E-state index contributed by atoms with van der Waals surface area (Å²) in [5.41, 5.74) is 4.62. The van der Waals surface area contributed by atoms with E-state index in [1.165, 1.54) is 32.7 Å². The van der Waals surface area contributed by atoms with Crippen molar-refractivity contribution in [1.82, 2.24) is 0 Å². The molecule has 5 aromatic carbocycles. The summed E-state index contributed by atoms with van der Waals surface area (Å²) >= 11 is 0. The van der Waals surface area contributed by atoms with Gasteiger partial charge in [0.15, 0.2) is 0 Å².